The van der Waals surface area contributed by atoms with Gasteiger partial charge in [0.05, 0.1) is 16.7 Å². The number of fused-ring (bicyclic) bond motifs is 1. The molecule has 8 nitrogen and oxygen atoms in total. The number of likely N-dealkylation sites (tertiary alicyclic amines) is 1. The summed E-state index contributed by atoms with van der Waals surface area (Å²) in [7, 11) is 1.56. The van der Waals surface area contributed by atoms with Gasteiger partial charge < -0.3 is 10.3 Å². The fourth-order valence-electron chi connectivity index (χ4n) is 3.38. The van der Waals surface area contributed by atoms with Crippen molar-refractivity contribution in [3.05, 3.63) is 68.9 Å². The number of rotatable bonds is 5. The van der Waals surface area contributed by atoms with Gasteiger partial charge in [0.15, 0.2) is 5.69 Å². The molecule has 0 bridgehead atoms. The van der Waals surface area contributed by atoms with E-state index in [1.165, 1.54) is 5.57 Å². The summed E-state index contributed by atoms with van der Waals surface area (Å²) in [6.45, 7) is 4.39. The van der Waals surface area contributed by atoms with Crippen LogP contribution in [-0.2, 0) is 13.0 Å². The summed E-state index contributed by atoms with van der Waals surface area (Å²) in [6, 6.07) is 7.31. The molecule has 0 unspecified atom stereocenters. The number of carbonyl (C=O) groups is 1. The zero-order valence-electron chi connectivity index (χ0n) is 16.4. The third-order valence-corrected chi connectivity index (χ3v) is 4.96. The van der Waals surface area contributed by atoms with E-state index in [1.54, 1.807) is 19.2 Å². The zero-order valence-corrected chi connectivity index (χ0v) is 16.4. The van der Waals surface area contributed by atoms with Crippen molar-refractivity contribution in [2.45, 2.75) is 19.9 Å². The first-order valence-corrected chi connectivity index (χ1v) is 9.54. The van der Waals surface area contributed by atoms with E-state index in [-0.39, 0.29) is 11.5 Å². The molecule has 0 aliphatic carbocycles. The van der Waals surface area contributed by atoms with Crippen LogP contribution in [0, 0.1) is 0 Å². The molecule has 3 aromatic rings. The van der Waals surface area contributed by atoms with Gasteiger partial charge in [-0.3, -0.25) is 19.5 Å². The minimum Gasteiger partial charge on any atom is -0.354 e. The number of hydrogen-bond acceptors (Lipinski definition) is 6. The van der Waals surface area contributed by atoms with E-state index >= 15 is 0 Å². The molecule has 8 heteroatoms. The quantitative estimate of drug-likeness (QED) is 0.685. The van der Waals surface area contributed by atoms with Crippen LogP contribution < -0.4 is 10.9 Å². The van der Waals surface area contributed by atoms with Crippen LogP contribution >= 0.6 is 0 Å². The average Bonchev–Trinajstić information content (AvgIpc) is 2.71. The van der Waals surface area contributed by atoms with Gasteiger partial charge in [-0.05, 0) is 47.9 Å². The minimum absolute atomic E-state index is 0.0448. The smallest absolute Gasteiger partial charge is 0.271 e. The van der Waals surface area contributed by atoms with Crippen molar-refractivity contribution >= 4 is 23.0 Å². The summed E-state index contributed by atoms with van der Waals surface area (Å²) < 4.78 is 0. The van der Waals surface area contributed by atoms with E-state index in [1.807, 2.05) is 31.3 Å². The second-order valence-corrected chi connectivity index (χ2v) is 7.12. The predicted molar refractivity (Wildman–Crippen MR) is 110 cm³/mol. The first kappa shape index (κ1) is 18.9. The average molecular weight is 390 g/mol. The van der Waals surface area contributed by atoms with Gasteiger partial charge >= 0.3 is 0 Å². The zero-order chi connectivity index (χ0) is 20.4. The molecule has 4 rings (SSSR count). The van der Waals surface area contributed by atoms with Gasteiger partial charge in [-0.1, -0.05) is 6.92 Å². The summed E-state index contributed by atoms with van der Waals surface area (Å²) in [5.41, 5.74) is 5.65. The number of pyridine rings is 2. The molecule has 0 atom stereocenters. The van der Waals surface area contributed by atoms with E-state index in [0.717, 1.165) is 47.5 Å². The summed E-state index contributed by atoms with van der Waals surface area (Å²) >= 11 is 0. The molecule has 0 saturated carbocycles. The minimum atomic E-state index is -0.247. The lowest BCUT2D eigenvalue weighted by molar-refractivity contribution is 0.0957. The van der Waals surface area contributed by atoms with Gasteiger partial charge in [-0.25, -0.2) is 0 Å². The van der Waals surface area contributed by atoms with Crippen molar-refractivity contribution in [2.75, 3.05) is 20.1 Å². The Morgan fingerprint density at radius 3 is 2.79 bits per heavy atom. The topological polar surface area (TPSA) is 104 Å². The summed E-state index contributed by atoms with van der Waals surface area (Å²) in [4.78, 5) is 33.2. The predicted octanol–water partition coefficient (Wildman–Crippen LogP) is 1.53. The van der Waals surface area contributed by atoms with Crippen LogP contribution in [0.25, 0.3) is 17.1 Å². The Balaban J connectivity index is 1.39. The van der Waals surface area contributed by atoms with Crippen LogP contribution in [0.15, 0.2) is 40.8 Å². The van der Waals surface area contributed by atoms with Gasteiger partial charge in [-0.15, -0.1) is 5.10 Å². The molecule has 0 spiro atoms. The lowest BCUT2D eigenvalue weighted by atomic mass is 10.0. The second-order valence-electron chi connectivity index (χ2n) is 7.12. The normalized spacial score (nSPS) is 13.9. The Hall–Kier alpha value is -3.39. The number of aromatic amines is 1. The third kappa shape index (κ3) is 4.07. The van der Waals surface area contributed by atoms with Gasteiger partial charge in [0, 0.05) is 38.4 Å². The molecular formula is C21H22N6O2. The van der Waals surface area contributed by atoms with E-state index in [9.17, 15) is 9.59 Å². The molecule has 29 heavy (non-hydrogen) atoms. The summed E-state index contributed by atoms with van der Waals surface area (Å²) in [6.07, 6.45) is 4.56. The number of hydrogen-bond donors (Lipinski definition) is 2. The van der Waals surface area contributed by atoms with Gasteiger partial charge in [0.2, 0.25) is 0 Å². The Morgan fingerprint density at radius 1 is 1.28 bits per heavy atom. The molecule has 1 aliphatic rings. The lowest BCUT2D eigenvalue weighted by Gasteiger charge is -2.34. The molecule has 4 heterocycles. The lowest BCUT2D eigenvalue weighted by Crippen LogP contribution is -2.39. The second kappa shape index (κ2) is 7.92. The Bertz CT molecular complexity index is 1140. The Morgan fingerprint density at radius 2 is 2.10 bits per heavy atom. The number of H-pyrrole nitrogens is 1. The maximum atomic E-state index is 12.0. The number of amides is 1. The molecule has 148 valence electrons. The van der Waals surface area contributed by atoms with Crippen LogP contribution in [0.1, 0.15) is 34.2 Å². The molecule has 0 aromatic carbocycles. The van der Waals surface area contributed by atoms with Crippen molar-refractivity contribution in [1.82, 2.24) is 30.4 Å². The molecule has 1 saturated heterocycles. The summed E-state index contributed by atoms with van der Waals surface area (Å²) in [5.74, 6) is -0.247. The van der Waals surface area contributed by atoms with Crippen molar-refractivity contribution in [3.63, 3.8) is 0 Å². The highest BCUT2D eigenvalue weighted by atomic mass is 16.1. The highest BCUT2D eigenvalue weighted by Crippen LogP contribution is 2.21. The molecule has 2 N–H and O–H groups in total. The number of aromatic nitrogens is 4. The number of nitrogens with one attached hydrogen (secondary N) is 2. The molecule has 1 amide bonds. The first-order chi connectivity index (χ1) is 14.1. The van der Waals surface area contributed by atoms with E-state index in [4.69, 9.17) is 0 Å². The summed E-state index contributed by atoms with van der Waals surface area (Å²) in [5, 5.41) is 10.5. The Labute approximate surface area is 167 Å². The van der Waals surface area contributed by atoms with Crippen LogP contribution in [0.5, 0.6) is 0 Å². The SMILES string of the molecule is CCc1cc2ncc(CN3CC(=Cc4ccc(C(=O)NC)nn4)C3)cc2[nH]c1=O. The standard InChI is InChI=1S/C21H22N6O2/c1-3-15-8-18-19(24-20(15)28)7-13(9-23-18)10-27-11-14(12-27)6-16-4-5-17(26-25-16)21(29)22-2/h4-9H,3,10-12H2,1-2H3,(H,22,29)(H,24,28). The fraction of sp³-hybridized carbons (Fsp3) is 0.286. The maximum Gasteiger partial charge on any atom is 0.271 e. The molecule has 3 aromatic heterocycles. The van der Waals surface area contributed by atoms with Crippen LogP contribution in [-0.4, -0.2) is 51.1 Å². The number of aryl methyl sites for hydroxylation is 1. The molecule has 1 aliphatic heterocycles. The van der Waals surface area contributed by atoms with E-state index in [2.05, 4.69) is 30.4 Å². The van der Waals surface area contributed by atoms with Crippen LogP contribution in [0.4, 0.5) is 0 Å². The van der Waals surface area contributed by atoms with Gasteiger partial charge in [-0.2, -0.15) is 5.10 Å². The fourth-order valence-corrected chi connectivity index (χ4v) is 3.38. The van der Waals surface area contributed by atoms with Crippen molar-refractivity contribution in [1.29, 1.82) is 0 Å². The van der Waals surface area contributed by atoms with Crippen molar-refractivity contribution < 1.29 is 4.79 Å². The van der Waals surface area contributed by atoms with E-state index in [0.29, 0.717) is 12.1 Å². The van der Waals surface area contributed by atoms with Crippen molar-refractivity contribution in [3.8, 4) is 0 Å². The largest absolute Gasteiger partial charge is 0.354 e. The maximum absolute atomic E-state index is 12.0. The first-order valence-electron chi connectivity index (χ1n) is 9.54. The van der Waals surface area contributed by atoms with Crippen molar-refractivity contribution in [2.24, 2.45) is 0 Å². The van der Waals surface area contributed by atoms with Crippen LogP contribution in [0.2, 0.25) is 0 Å². The van der Waals surface area contributed by atoms with E-state index < -0.39 is 0 Å². The Kier molecular flexibility index (Phi) is 5.18. The van der Waals surface area contributed by atoms with Crippen LogP contribution in [0.3, 0.4) is 0 Å². The molecular weight excluding hydrogens is 368 g/mol. The number of carbonyl (C=O) groups excluding carboxylic acids is 1. The van der Waals surface area contributed by atoms with Gasteiger partial charge in [0.25, 0.3) is 11.5 Å². The number of nitrogens with zero attached hydrogens (tertiary/aromatic N) is 4. The molecule has 1 fully saturated rings. The monoisotopic (exact) mass is 390 g/mol. The highest BCUT2D eigenvalue weighted by molar-refractivity contribution is 5.91. The highest BCUT2D eigenvalue weighted by Gasteiger charge is 2.20. The van der Waals surface area contributed by atoms with Gasteiger partial charge in [0.1, 0.15) is 0 Å². The third-order valence-electron chi connectivity index (χ3n) is 4.96. The molecule has 0 radical (unpaired) electrons.